The lowest BCUT2D eigenvalue weighted by molar-refractivity contribution is -0.132. The predicted octanol–water partition coefficient (Wildman–Crippen LogP) is 3.55. The number of rotatable bonds is 5. The van der Waals surface area contributed by atoms with Crippen molar-refractivity contribution < 1.29 is 9.59 Å². The Morgan fingerprint density at radius 2 is 1.93 bits per heavy atom. The molecule has 4 rings (SSSR count). The molecule has 0 unspecified atom stereocenters. The molecular weight excluding hydrogens is 338 g/mol. The summed E-state index contributed by atoms with van der Waals surface area (Å²) in [7, 11) is 0. The molecule has 1 atom stereocenters. The molecule has 5 nitrogen and oxygen atoms in total. The SMILES string of the molecule is O=C(c1ccc2ccccc2c1)[C@@H]1CCCN(C(=O)CCn2cccn2)C1. The number of carbonyl (C=O) groups excluding carboxylic acids is 2. The second-order valence-electron chi connectivity index (χ2n) is 7.12. The van der Waals surface area contributed by atoms with Crippen LogP contribution in [0.25, 0.3) is 10.8 Å². The fraction of sp³-hybridized carbons (Fsp3) is 0.318. The van der Waals surface area contributed by atoms with Gasteiger partial charge in [-0.1, -0.05) is 36.4 Å². The van der Waals surface area contributed by atoms with E-state index in [0.717, 1.165) is 35.7 Å². The summed E-state index contributed by atoms with van der Waals surface area (Å²) in [6.45, 7) is 1.83. The standard InChI is InChI=1S/C22H23N3O2/c26-21(10-14-25-13-4-11-23-25)24-12-3-7-20(16-24)22(27)19-9-8-17-5-1-2-6-18(17)15-19/h1-2,4-6,8-9,11,13,15,20H,3,7,10,12,14,16H2/t20-/m1/s1. The van der Waals surface area contributed by atoms with Crippen LogP contribution in [0.4, 0.5) is 0 Å². The predicted molar refractivity (Wildman–Crippen MR) is 104 cm³/mol. The Bertz CT molecular complexity index is 949. The molecular formula is C22H23N3O2. The second-order valence-corrected chi connectivity index (χ2v) is 7.12. The zero-order valence-corrected chi connectivity index (χ0v) is 15.3. The molecule has 0 bridgehead atoms. The highest BCUT2D eigenvalue weighted by atomic mass is 16.2. The van der Waals surface area contributed by atoms with E-state index < -0.39 is 0 Å². The van der Waals surface area contributed by atoms with E-state index in [1.54, 1.807) is 10.9 Å². The molecule has 1 amide bonds. The molecule has 27 heavy (non-hydrogen) atoms. The quantitative estimate of drug-likeness (QED) is 0.653. The molecule has 0 spiro atoms. The molecule has 1 fully saturated rings. The van der Waals surface area contributed by atoms with Gasteiger partial charge in [-0.3, -0.25) is 14.3 Å². The summed E-state index contributed by atoms with van der Waals surface area (Å²) in [5.41, 5.74) is 0.740. The topological polar surface area (TPSA) is 55.2 Å². The van der Waals surface area contributed by atoms with Crippen molar-refractivity contribution in [3.8, 4) is 0 Å². The Labute approximate surface area is 158 Å². The van der Waals surface area contributed by atoms with E-state index in [4.69, 9.17) is 0 Å². The molecule has 1 aromatic heterocycles. The average molecular weight is 361 g/mol. The third-order valence-electron chi connectivity index (χ3n) is 5.29. The van der Waals surface area contributed by atoms with E-state index in [-0.39, 0.29) is 17.6 Å². The molecule has 2 heterocycles. The zero-order valence-electron chi connectivity index (χ0n) is 15.3. The van der Waals surface area contributed by atoms with Gasteiger partial charge >= 0.3 is 0 Å². The monoisotopic (exact) mass is 361 g/mol. The van der Waals surface area contributed by atoms with E-state index >= 15 is 0 Å². The number of nitrogens with zero attached hydrogens (tertiary/aromatic N) is 3. The van der Waals surface area contributed by atoms with Crippen LogP contribution in [0, 0.1) is 5.92 Å². The molecule has 0 aliphatic carbocycles. The number of aryl methyl sites for hydroxylation is 1. The van der Waals surface area contributed by atoms with Crippen LogP contribution in [-0.2, 0) is 11.3 Å². The largest absolute Gasteiger partial charge is 0.342 e. The molecule has 0 N–H and O–H groups in total. The van der Waals surface area contributed by atoms with Gasteiger partial charge in [-0.2, -0.15) is 5.10 Å². The molecule has 1 aliphatic heterocycles. The molecule has 1 saturated heterocycles. The molecule has 5 heteroatoms. The van der Waals surface area contributed by atoms with Gasteiger partial charge in [0, 0.05) is 49.9 Å². The number of amides is 1. The Hall–Kier alpha value is -2.95. The molecule has 3 aromatic rings. The minimum atomic E-state index is -0.117. The van der Waals surface area contributed by atoms with E-state index in [2.05, 4.69) is 5.10 Å². The number of likely N-dealkylation sites (tertiary alicyclic amines) is 1. The third-order valence-corrected chi connectivity index (χ3v) is 5.29. The zero-order chi connectivity index (χ0) is 18.6. The van der Waals surface area contributed by atoms with Gasteiger partial charge in [-0.25, -0.2) is 0 Å². The smallest absolute Gasteiger partial charge is 0.224 e. The van der Waals surface area contributed by atoms with Crippen LogP contribution in [0.1, 0.15) is 29.6 Å². The van der Waals surface area contributed by atoms with Gasteiger partial charge in [0.2, 0.25) is 5.91 Å². The Kier molecular flexibility index (Phi) is 5.01. The lowest BCUT2D eigenvalue weighted by Crippen LogP contribution is -2.42. The van der Waals surface area contributed by atoms with Gasteiger partial charge in [-0.15, -0.1) is 0 Å². The number of fused-ring (bicyclic) bond motifs is 1. The third kappa shape index (κ3) is 3.92. The fourth-order valence-corrected chi connectivity index (χ4v) is 3.80. The summed E-state index contributed by atoms with van der Waals surface area (Å²) >= 11 is 0. The first-order valence-electron chi connectivity index (χ1n) is 9.49. The van der Waals surface area contributed by atoms with Gasteiger partial charge in [0.1, 0.15) is 0 Å². The van der Waals surface area contributed by atoms with Crippen molar-refractivity contribution in [2.75, 3.05) is 13.1 Å². The van der Waals surface area contributed by atoms with Crippen molar-refractivity contribution in [3.63, 3.8) is 0 Å². The fourth-order valence-electron chi connectivity index (χ4n) is 3.80. The van der Waals surface area contributed by atoms with E-state index in [1.807, 2.05) is 59.6 Å². The minimum absolute atomic E-state index is 0.0986. The van der Waals surface area contributed by atoms with Crippen molar-refractivity contribution in [2.24, 2.45) is 5.92 Å². The molecule has 138 valence electrons. The molecule has 0 radical (unpaired) electrons. The van der Waals surface area contributed by atoms with Crippen LogP contribution >= 0.6 is 0 Å². The van der Waals surface area contributed by atoms with Crippen LogP contribution in [0.15, 0.2) is 60.9 Å². The van der Waals surface area contributed by atoms with Crippen LogP contribution in [-0.4, -0.2) is 39.5 Å². The number of benzene rings is 2. The normalized spacial score (nSPS) is 17.2. The summed E-state index contributed by atoms with van der Waals surface area (Å²) in [4.78, 5) is 27.4. The van der Waals surface area contributed by atoms with Crippen LogP contribution in [0.5, 0.6) is 0 Å². The lowest BCUT2D eigenvalue weighted by atomic mass is 9.89. The first kappa shape index (κ1) is 17.5. The summed E-state index contributed by atoms with van der Waals surface area (Å²) in [6.07, 6.45) is 5.70. The van der Waals surface area contributed by atoms with E-state index in [0.29, 0.717) is 19.5 Å². The molecule has 0 saturated carbocycles. The van der Waals surface area contributed by atoms with Crippen molar-refractivity contribution in [3.05, 3.63) is 66.5 Å². The Morgan fingerprint density at radius 3 is 2.74 bits per heavy atom. The highest BCUT2D eigenvalue weighted by Gasteiger charge is 2.28. The Balaban J connectivity index is 1.42. The van der Waals surface area contributed by atoms with Crippen LogP contribution < -0.4 is 0 Å². The summed E-state index contributed by atoms with van der Waals surface area (Å²) < 4.78 is 1.76. The number of piperidine rings is 1. The molecule has 2 aromatic carbocycles. The maximum atomic E-state index is 13.0. The number of Topliss-reactive ketones (excluding diaryl/α,β-unsaturated/α-hetero) is 1. The number of carbonyl (C=O) groups is 2. The average Bonchev–Trinajstić information content (AvgIpc) is 3.25. The van der Waals surface area contributed by atoms with Crippen LogP contribution in [0.3, 0.4) is 0 Å². The first-order valence-corrected chi connectivity index (χ1v) is 9.49. The lowest BCUT2D eigenvalue weighted by Gasteiger charge is -2.32. The van der Waals surface area contributed by atoms with Gasteiger partial charge in [0.15, 0.2) is 5.78 Å². The number of hydrogen-bond donors (Lipinski definition) is 0. The van der Waals surface area contributed by atoms with Crippen LogP contribution in [0.2, 0.25) is 0 Å². The maximum Gasteiger partial charge on any atom is 0.224 e. The van der Waals surface area contributed by atoms with Gasteiger partial charge in [0.25, 0.3) is 0 Å². The van der Waals surface area contributed by atoms with E-state index in [1.165, 1.54) is 0 Å². The van der Waals surface area contributed by atoms with Gasteiger partial charge in [-0.05, 0) is 35.7 Å². The first-order chi connectivity index (χ1) is 13.2. The summed E-state index contributed by atoms with van der Waals surface area (Å²) in [5, 5.41) is 6.34. The number of aromatic nitrogens is 2. The maximum absolute atomic E-state index is 13.0. The molecule has 1 aliphatic rings. The van der Waals surface area contributed by atoms with Crippen molar-refractivity contribution in [1.29, 1.82) is 0 Å². The van der Waals surface area contributed by atoms with Crippen molar-refractivity contribution in [1.82, 2.24) is 14.7 Å². The summed E-state index contributed by atoms with van der Waals surface area (Å²) in [6, 6.07) is 15.8. The number of ketones is 1. The van der Waals surface area contributed by atoms with Gasteiger partial charge < -0.3 is 4.90 Å². The van der Waals surface area contributed by atoms with E-state index in [9.17, 15) is 9.59 Å². The number of hydrogen-bond acceptors (Lipinski definition) is 3. The van der Waals surface area contributed by atoms with Crippen molar-refractivity contribution in [2.45, 2.75) is 25.8 Å². The van der Waals surface area contributed by atoms with Gasteiger partial charge in [0.05, 0.1) is 0 Å². The highest BCUT2D eigenvalue weighted by Crippen LogP contribution is 2.24. The Morgan fingerprint density at radius 1 is 1.07 bits per heavy atom. The van der Waals surface area contributed by atoms with Crippen molar-refractivity contribution >= 4 is 22.5 Å². The second kappa shape index (κ2) is 7.74. The highest BCUT2D eigenvalue weighted by molar-refractivity contribution is 6.01. The summed E-state index contributed by atoms with van der Waals surface area (Å²) in [5.74, 6) is 0.125. The minimum Gasteiger partial charge on any atom is -0.342 e.